The zero-order valence-corrected chi connectivity index (χ0v) is 14.8. The smallest absolute Gasteiger partial charge is 0.147 e. The second-order valence-electron chi connectivity index (χ2n) is 6.89. The van der Waals surface area contributed by atoms with Crippen molar-refractivity contribution in [2.24, 2.45) is 0 Å². The minimum absolute atomic E-state index is 0.182. The lowest BCUT2D eigenvalue weighted by atomic mass is 10.1. The van der Waals surface area contributed by atoms with Crippen molar-refractivity contribution in [2.45, 2.75) is 19.4 Å². The van der Waals surface area contributed by atoms with Crippen LogP contribution in [0.4, 0.5) is 11.4 Å². The van der Waals surface area contributed by atoms with Crippen molar-refractivity contribution in [2.75, 3.05) is 25.0 Å². The number of nitrogens with zero attached hydrogens (tertiary/aromatic N) is 2. The molecule has 1 fully saturated rings. The van der Waals surface area contributed by atoms with Crippen LogP contribution in [-0.2, 0) is 11.2 Å². The van der Waals surface area contributed by atoms with E-state index in [1.807, 2.05) is 0 Å². The molecule has 5 rings (SSSR count). The highest BCUT2D eigenvalue weighted by Gasteiger charge is 2.26. The molecule has 5 nitrogen and oxygen atoms in total. The van der Waals surface area contributed by atoms with E-state index in [0.29, 0.717) is 0 Å². The zero-order valence-electron chi connectivity index (χ0n) is 14.8. The number of fused-ring (bicyclic) bond motifs is 5. The van der Waals surface area contributed by atoms with E-state index in [0.717, 1.165) is 60.3 Å². The van der Waals surface area contributed by atoms with Gasteiger partial charge in [-0.1, -0.05) is 24.3 Å². The van der Waals surface area contributed by atoms with E-state index >= 15 is 0 Å². The van der Waals surface area contributed by atoms with E-state index in [1.165, 1.54) is 5.69 Å². The molecule has 2 N–H and O–H groups in total. The van der Waals surface area contributed by atoms with Crippen LogP contribution in [0.15, 0.2) is 48.5 Å². The number of hydrogen-bond acceptors (Lipinski definition) is 4. The molecule has 1 atom stereocenters. The Labute approximate surface area is 153 Å². The van der Waals surface area contributed by atoms with Gasteiger partial charge in [-0.25, -0.2) is 4.98 Å². The lowest BCUT2D eigenvalue weighted by Crippen LogP contribution is -2.40. The second kappa shape index (κ2) is 6.27. The van der Waals surface area contributed by atoms with Gasteiger partial charge in [0.25, 0.3) is 0 Å². The van der Waals surface area contributed by atoms with Gasteiger partial charge in [0, 0.05) is 36.5 Å². The van der Waals surface area contributed by atoms with Crippen molar-refractivity contribution in [3.63, 3.8) is 0 Å². The van der Waals surface area contributed by atoms with Crippen LogP contribution in [0.1, 0.15) is 11.4 Å². The molecule has 0 bridgehead atoms. The van der Waals surface area contributed by atoms with Crippen LogP contribution < -0.4 is 10.6 Å². The summed E-state index contributed by atoms with van der Waals surface area (Å²) in [6.45, 7) is 4.69. The van der Waals surface area contributed by atoms with Gasteiger partial charge in [0.05, 0.1) is 29.8 Å². The molecule has 0 spiro atoms. The molecule has 5 heteroatoms. The first kappa shape index (κ1) is 15.6. The number of ether oxygens (including phenoxy) is 1. The van der Waals surface area contributed by atoms with Gasteiger partial charge in [-0.05, 0) is 31.2 Å². The number of morpholine rings is 1. The predicted molar refractivity (Wildman–Crippen MR) is 103 cm³/mol. The SMILES string of the molecule is Cc1nc2n(c1CC1CNCCO1)-c1ccccc1Nc1ccccc1-2. The molecule has 2 aliphatic rings. The van der Waals surface area contributed by atoms with E-state index in [4.69, 9.17) is 9.72 Å². The molecule has 1 saturated heterocycles. The highest BCUT2D eigenvalue weighted by molar-refractivity contribution is 5.85. The van der Waals surface area contributed by atoms with E-state index in [1.54, 1.807) is 0 Å². The highest BCUT2D eigenvalue weighted by Crippen LogP contribution is 2.39. The van der Waals surface area contributed by atoms with Crippen LogP contribution in [-0.4, -0.2) is 35.4 Å². The minimum atomic E-state index is 0.182. The molecular weight excluding hydrogens is 324 g/mol. The molecule has 132 valence electrons. The van der Waals surface area contributed by atoms with Gasteiger partial charge in [-0.15, -0.1) is 0 Å². The van der Waals surface area contributed by atoms with Gasteiger partial charge < -0.3 is 15.4 Å². The van der Waals surface area contributed by atoms with Crippen LogP contribution in [0, 0.1) is 6.92 Å². The fraction of sp³-hybridized carbons (Fsp3) is 0.286. The Bertz CT molecular complexity index is 956. The maximum absolute atomic E-state index is 5.97. The molecule has 0 radical (unpaired) electrons. The summed E-state index contributed by atoms with van der Waals surface area (Å²) < 4.78 is 8.27. The molecule has 1 unspecified atom stereocenters. The normalized spacial score (nSPS) is 18.3. The summed E-state index contributed by atoms with van der Waals surface area (Å²) in [4.78, 5) is 4.96. The van der Waals surface area contributed by atoms with Gasteiger partial charge in [0.1, 0.15) is 5.82 Å². The van der Waals surface area contributed by atoms with Crippen LogP contribution in [0.25, 0.3) is 17.1 Å². The Balaban J connectivity index is 1.71. The van der Waals surface area contributed by atoms with Crippen molar-refractivity contribution in [3.05, 3.63) is 59.9 Å². The number of aryl methyl sites for hydroxylation is 1. The quantitative estimate of drug-likeness (QED) is 0.584. The molecule has 2 aliphatic heterocycles. The number of benzene rings is 2. The maximum Gasteiger partial charge on any atom is 0.147 e. The molecule has 1 aromatic heterocycles. The summed E-state index contributed by atoms with van der Waals surface area (Å²) in [5.41, 5.74) is 6.74. The fourth-order valence-electron chi connectivity index (χ4n) is 3.92. The number of hydrogen-bond donors (Lipinski definition) is 2. The van der Waals surface area contributed by atoms with Gasteiger partial charge in [-0.2, -0.15) is 0 Å². The van der Waals surface area contributed by atoms with E-state index < -0.39 is 0 Å². The Hall–Kier alpha value is -2.63. The molecule has 0 aliphatic carbocycles. The van der Waals surface area contributed by atoms with Gasteiger partial charge in [0.2, 0.25) is 0 Å². The van der Waals surface area contributed by atoms with E-state index in [2.05, 4.69) is 70.7 Å². The Morgan fingerprint density at radius 1 is 1.12 bits per heavy atom. The Morgan fingerprint density at radius 3 is 2.77 bits per heavy atom. The lowest BCUT2D eigenvalue weighted by molar-refractivity contribution is 0.0283. The van der Waals surface area contributed by atoms with Crippen molar-refractivity contribution in [3.8, 4) is 17.1 Å². The van der Waals surface area contributed by atoms with Crippen molar-refractivity contribution < 1.29 is 4.74 Å². The number of anilines is 2. The molecule has 3 aromatic rings. The summed E-state index contributed by atoms with van der Waals surface area (Å²) in [5, 5.41) is 7.01. The van der Waals surface area contributed by atoms with Crippen LogP contribution in [0.3, 0.4) is 0 Å². The third kappa shape index (κ3) is 2.52. The topological polar surface area (TPSA) is 51.1 Å². The first-order valence-corrected chi connectivity index (χ1v) is 9.17. The number of para-hydroxylation sites is 3. The molecule has 2 aromatic carbocycles. The number of rotatable bonds is 2. The highest BCUT2D eigenvalue weighted by atomic mass is 16.5. The summed E-state index contributed by atoms with van der Waals surface area (Å²) in [5.74, 6) is 0.995. The second-order valence-corrected chi connectivity index (χ2v) is 6.89. The van der Waals surface area contributed by atoms with Gasteiger partial charge in [-0.3, -0.25) is 4.57 Å². The molecule has 0 amide bonds. The lowest BCUT2D eigenvalue weighted by Gasteiger charge is -2.24. The molecular formula is C21H22N4O. The first-order valence-electron chi connectivity index (χ1n) is 9.17. The van der Waals surface area contributed by atoms with Gasteiger partial charge >= 0.3 is 0 Å². The van der Waals surface area contributed by atoms with Gasteiger partial charge in [0.15, 0.2) is 0 Å². The number of nitrogens with one attached hydrogen (secondary N) is 2. The summed E-state index contributed by atoms with van der Waals surface area (Å²) >= 11 is 0. The fourth-order valence-corrected chi connectivity index (χ4v) is 3.92. The maximum atomic E-state index is 5.97. The summed E-state index contributed by atoms with van der Waals surface area (Å²) in [6, 6.07) is 16.8. The summed E-state index contributed by atoms with van der Waals surface area (Å²) in [6.07, 6.45) is 1.03. The third-order valence-electron chi connectivity index (χ3n) is 5.18. The number of imidazole rings is 1. The largest absolute Gasteiger partial charge is 0.375 e. The van der Waals surface area contributed by atoms with Crippen molar-refractivity contribution in [1.29, 1.82) is 0 Å². The van der Waals surface area contributed by atoms with E-state index in [-0.39, 0.29) is 6.10 Å². The third-order valence-corrected chi connectivity index (χ3v) is 5.18. The standard InChI is InChI=1S/C21H22N4O/c1-14-20(12-15-13-22-10-11-26-15)25-19-9-5-4-8-18(19)24-17-7-3-2-6-16(17)21(25)23-14/h2-9,15,22,24H,10-13H2,1H3. The monoisotopic (exact) mass is 346 g/mol. The Kier molecular flexibility index (Phi) is 3.76. The van der Waals surface area contributed by atoms with E-state index in [9.17, 15) is 0 Å². The number of aromatic nitrogens is 2. The zero-order chi connectivity index (χ0) is 17.5. The van der Waals surface area contributed by atoms with Crippen LogP contribution in [0.5, 0.6) is 0 Å². The van der Waals surface area contributed by atoms with Crippen molar-refractivity contribution >= 4 is 11.4 Å². The average molecular weight is 346 g/mol. The van der Waals surface area contributed by atoms with Crippen LogP contribution in [0.2, 0.25) is 0 Å². The van der Waals surface area contributed by atoms with Crippen molar-refractivity contribution in [1.82, 2.24) is 14.9 Å². The Morgan fingerprint density at radius 2 is 1.92 bits per heavy atom. The minimum Gasteiger partial charge on any atom is -0.375 e. The average Bonchev–Trinajstić information content (AvgIpc) is 2.92. The molecule has 3 heterocycles. The molecule has 0 saturated carbocycles. The molecule has 26 heavy (non-hydrogen) atoms. The summed E-state index contributed by atoms with van der Waals surface area (Å²) in [7, 11) is 0. The predicted octanol–water partition coefficient (Wildman–Crippen LogP) is 3.44. The first-order chi connectivity index (χ1) is 12.8. The van der Waals surface area contributed by atoms with Crippen LogP contribution >= 0.6 is 0 Å².